The summed E-state index contributed by atoms with van der Waals surface area (Å²) in [5, 5.41) is 4.38. The molecule has 1 heterocycles. The normalized spacial score (nSPS) is 12.9. The van der Waals surface area contributed by atoms with E-state index in [4.69, 9.17) is 23.2 Å². The molecule has 1 aromatic rings. The van der Waals surface area contributed by atoms with Crippen molar-refractivity contribution >= 4 is 29.0 Å². The smallest absolute Gasteiger partial charge is 0.145 e. The Bertz CT molecular complexity index is 342. The Labute approximate surface area is 107 Å². The third-order valence-electron chi connectivity index (χ3n) is 2.20. The first-order valence-corrected chi connectivity index (χ1v) is 5.97. The van der Waals surface area contributed by atoms with Crippen LogP contribution >= 0.6 is 23.2 Å². The van der Waals surface area contributed by atoms with Crippen LogP contribution in [0.4, 0.5) is 5.82 Å². The van der Waals surface area contributed by atoms with E-state index in [2.05, 4.69) is 36.2 Å². The van der Waals surface area contributed by atoms with Crippen LogP contribution in [-0.2, 0) is 0 Å². The first kappa shape index (κ1) is 13.6. The fraction of sp³-hybridized carbons (Fsp3) is 0.545. The van der Waals surface area contributed by atoms with Crippen LogP contribution in [0.3, 0.4) is 0 Å². The monoisotopic (exact) mass is 261 g/mol. The summed E-state index contributed by atoms with van der Waals surface area (Å²) < 4.78 is 0. The number of hydrogen-bond donors (Lipinski definition) is 1. The summed E-state index contributed by atoms with van der Waals surface area (Å²) in [4.78, 5) is 6.30. The predicted molar refractivity (Wildman–Crippen MR) is 70.5 cm³/mol. The molecule has 0 fully saturated rings. The third-order valence-corrected chi connectivity index (χ3v) is 2.70. The first-order chi connectivity index (χ1) is 7.49. The van der Waals surface area contributed by atoms with Gasteiger partial charge in [-0.3, -0.25) is 0 Å². The van der Waals surface area contributed by atoms with Crippen LogP contribution in [0.5, 0.6) is 0 Å². The zero-order valence-corrected chi connectivity index (χ0v) is 11.3. The lowest BCUT2D eigenvalue weighted by Crippen LogP contribution is -2.23. The van der Waals surface area contributed by atoms with E-state index >= 15 is 0 Å². The number of aromatic nitrogens is 1. The fourth-order valence-electron chi connectivity index (χ4n) is 1.28. The maximum atomic E-state index is 6.02. The van der Waals surface area contributed by atoms with Crippen molar-refractivity contribution in [3.63, 3.8) is 0 Å². The maximum Gasteiger partial charge on any atom is 0.145 e. The van der Waals surface area contributed by atoms with E-state index in [0.29, 0.717) is 21.9 Å². The zero-order valence-electron chi connectivity index (χ0n) is 9.80. The molecule has 1 N–H and O–H groups in total. The summed E-state index contributed by atoms with van der Waals surface area (Å²) in [7, 11) is 4.11. The molecule has 0 spiro atoms. The van der Waals surface area contributed by atoms with Crippen LogP contribution in [0.15, 0.2) is 12.3 Å². The molecule has 0 saturated heterocycles. The fourth-order valence-corrected chi connectivity index (χ4v) is 1.71. The van der Waals surface area contributed by atoms with Crippen molar-refractivity contribution in [2.75, 3.05) is 26.0 Å². The Hall–Kier alpha value is -0.510. The molecule has 0 radical (unpaired) electrons. The number of pyridine rings is 1. The molecule has 90 valence electrons. The van der Waals surface area contributed by atoms with Gasteiger partial charge >= 0.3 is 0 Å². The van der Waals surface area contributed by atoms with Crippen molar-refractivity contribution in [1.82, 2.24) is 9.88 Å². The molecule has 3 nitrogen and oxygen atoms in total. The number of hydrogen-bond acceptors (Lipinski definition) is 3. The van der Waals surface area contributed by atoms with Crippen LogP contribution in [0, 0.1) is 0 Å². The average molecular weight is 262 g/mol. The number of anilines is 1. The molecule has 1 atom stereocenters. The quantitative estimate of drug-likeness (QED) is 0.883. The lowest BCUT2D eigenvalue weighted by molar-refractivity contribution is 0.390. The molecule has 0 aromatic carbocycles. The number of rotatable bonds is 5. The van der Waals surface area contributed by atoms with Gasteiger partial charge in [-0.25, -0.2) is 4.98 Å². The molecule has 0 aliphatic heterocycles. The van der Waals surface area contributed by atoms with Crippen molar-refractivity contribution in [2.45, 2.75) is 19.4 Å². The van der Waals surface area contributed by atoms with Gasteiger partial charge in [-0.1, -0.05) is 23.2 Å². The summed E-state index contributed by atoms with van der Waals surface area (Å²) >= 11 is 11.8. The topological polar surface area (TPSA) is 28.2 Å². The molecule has 0 bridgehead atoms. The van der Waals surface area contributed by atoms with E-state index in [9.17, 15) is 0 Å². The Kier molecular flexibility index (Phi) is 5.32. The highest BCUT2D eigenvalue weighted by Crippen LogP contribution is 2.23. The highest BCUT2D eigenvalue weighted by molar-refractivity contribution is 6.35. The molecule has 1 unspecified atom stereocenters. The number of halogens is 2. The van der Waals surface area contributed by atoms with Gasteiger partial charge < -0.3 is 10.2 Å². The van der Waals surface area contributed by atoms with Gasteiger partial charge in [-0.05, 0) is 40.1 Å². The minimum absolute atomic E-state index is 0.327. The minimum atomic E-state index is 0.327. The van der Waals surface area contributed by atoms with Crippen molar-refractivity contribution < 1.29 is 0 Å². The van der Waals surface area contributed by atoms with Crippen molar-refractivity contribution in [1.29, 1.82) is 0 Å². The standard InChI is InChI=1S/C11H17Cl2N3/c1-8(4-5-16(2)3)15-11-10(13)6-9(12)7-14-11/h6-8H,4-5H2,1-3H3,(H,14,15). The highest BCUT2D eigenvalue weighted by Gasteiger charge is 2.07. The Balaban J connectivity index is 2.52. The zero-order chi connectivity index (χ0) is 12.1. The van der Waals surface area contributed by atoms with Crippen LogP contribution in [0.2, 0.25) is 10.0 Å². The minimum Gasteiger partial charge on any atom is -0.366 e. The Morgan fingerprint density at radius 3 is 2.69 bits per heavy atom. The van der Waals surface area contributed by atoms with Gasteiger partial charge in [0.25, 0.3) is 0 Å². The summed E-state index contributed by atoms with van der Waals surface area (Å²) in [5.74, 6) is 0.692. The SMILES string of the molecule is CC(CCN(C)C)Nc1ncc(Cl)cc1Cl. The van der Waals surface area contributed by atoms with Crippen LogP contribution in [0.25, 0.3) is 0 Å². The van der Waals surface area contributed by atoms with Crippen molar-refractivity contribution in [3.8, 4) is 0 Å². The summed E-state index contributed by atoms with van der Waals surface area (Å²) in [6.07, 6.45) is 2.63. The van der Waals surface area contributed by atoms with Gasteiger partial charge in [0.05, 0.1) is 10.0 Å². The van der Waals surface area contributed by atoms with Gasteiger partial charge in [-0.15, -0.1) is 0 Å². The summed E-state index contributed by atoms with van der Waals surface area (Å²) in [6.45, 7) is 3.13. The largest absolute Gasteiger partial charge is 0.366 e. The van der Waals surface area contributed by atoms with E-state index in [-0.39, 0.29) is 0 Å². The summed E-state index contributed by atoms with van der Waals surface area (Å²) in [6, 6.07) is 2.02. The second kappa shape index (κ2) is 6.28. The van der Waals surface area contributed by atoms with Crippen molar-refractivity contribution in [2.24, 2.45) is 0 Å². The lowest BCUT2D eigenvalue weighted by Gasteiger charge is -2.17. The number of nitrogens with one attached hydrogen (secondary N) is 1. The van der Waals surface area contributed by atoms with Crippen molar-refractivity contribution in [3.05, 3.63) is 22.3 Å². The van der Waals surface area contributed by atoms with Gasteiger partial charge in [-0.2, -0.15) is 0 Å². The van der Waals surface area contributed by atoms with Gasteiger partial charge in [0, 0.05) is 12.2 Å². The molecule has 1 aromatic heterocycles. The Morgan fingerprint density at radius 1 is 1.44 bits per heavy atom. The molecular weight excluding hydrogens is 245 g/mol. The molecule has 16 heavy (non-hydrogen) atoms. The van der Waals surface area contributed by atoms with Crippen LogP contribution in [-0.4, -0.2) is 36.6 Å². The molecule has 5 heteroatoms. The lowest BCUT2D eigenvalue weighted by atomic mass is 10.2. The average Bonchev–Trinajstić information content (AvgIpc) is 2.19. The van der Waals surface area contributed by atoms with Crippen LogP contribution in [0.1, 0.15) is 13.3 Å². The Morgan fingerprint density at radius 2 is 2.12 bits per heavy atom. The van der Waals surface area contributed by atoms with E-state index < -0.39 is 0 Å². The highest BCUT2D eigenvalue weighted by atomic mass is 35.5. The van der Waals surface area contributed by atoms with E-state index in [0.717, 1.165) is 13.0 Å². The van der Waals surface area contributed by atoms with E-state index in [1.54, 1.807) is 12.3 Å². The first-order valence-electron chi connectivity index (χ1n) is 5.21. The van der Waals surface area contributed by atoms with Gasteiger partial charge in [0.15, 0.2) is 0 Å². The second-order valence-electron chi connectivity index (χ2n) is 4.12. The van der Waals surface area contributed by atoms with E-state index in [1.165, 1.54) is 0 Å². The predicted octanol–water partition coefficient (Wildman–Crippen LogP) is 3.14. The van der Waals surface area contributed by atoms with E-state index in [1.807, 2.05) is 0 Å². The third kappa shape index (κ3) is 4.56. The number of nitrogens with zero attached hydrogens (tertiary/aromatic N) is 2. The second-order valence-corrected chi connectivity index (χ2v) is 4.96. The molecule has 0 saturated carbocycles. The molecule has 0 aliphatic rings. The molecule has 0 amide bonds. The summed E-state index contributed by atoms with van der Waals surface area (Å²) in [5.41, 5.74) is 0. The molecular formula is C11H17Cl2N3. The molecule has 1 rings (SSSR count). The maximum absolute atomic E-state index is 6.02. The van der Waals surface area contributed by atoms with Gasteiger partial charge in [0.2, 0.25) is 0 Å². The van der Waals surface area contributed by atoms with Gasteiger partial charge in [0.1, 0.15) is 5.82 Å². The van der Waals surface area contributed by atoms with Crippen LogP contribution < -0.4 is 5.32 Å². The molecule has 0 aliphatic carbocycles.